The molecule has 0 aromatic heterocycles. The van der Waals surface area contributed by atoms with E-state index in [-0.39, 0.29) is 35.7 Å². The van der Waals surface area contributed by atoms with Gasteiger partial charge in [0.15, 0.2) is 0 Å². The van der Waals surface area contributed by atoms with Crippen LogP contribution < -0.4 is 0 Å². The molecule has 0 radical (unpaired) electrons. The Morgan fingerprint density at radius 2 is 1.71 bits per heavy atom. The number of hydrogen-bond acceptors (Lipinski definition) is 4. The van der Waals surface area contributed by atoms with Gasteiger partial charge in [0.05, 0.1) is 18.3 Å². The summed E-state index contributed by atoms with van der Waals surface area (Å²) in [6.45, 7) is 7.23. The second-order valence-electron chi connectivity index (χ2n) is 11.4. The first-order chi connectivity index (χ1) is 13.2. The molecule has 11 atom stereocenters. The Bertz CT molecular complexity index is 567. The molecule has 0 saturated heterocycles. The number of rotatable bonds is 4. The Kier molecular flexibility index (Phi) is 5.66. The number of aliphatic hydroxyl groups is 4. The maximum absolute atomic E-state index is 11.5. The van der Waals surface area contributed by atoms with Crippen LogP contribution >= 0.6 is 0 Å². The van der Waals surface area contributed by atoms with Crippen LogP contribution in [0.25, 0.3) is 0 Å². The van der Waals surface area contributed by atoms with E-state index < -0.39 is 0 Å². The molecular weight excluding hydrogens is 352 g/mol. The minimum absolute atomic E-state index is 0.117. The molecule has 4 saturated carbocycles. The van der Waals surface area contributed by atoms with Gasteiger partial charge in [-0.05, 0) is 104 Å². The Labute approximate surface area is 170 Å². The molecule has 4 rings (SSSR count). The maximum Gasteiger partial charge on any atom is 0.0602 e. The van der Waals surface area contributed by atoms with E-state index in [9.17, 15) is 20.4 Å². The molecule has 0 aliphatic heterocycles. The van der Waals surface area contributed by atoms with E-state index >= 15 is 0 Å². The molecule has 4 aliphatic carbocycles. The molecule has 4 nitrogen and oxygen atoms in total. The standard InChI is InChI=1S/C24H42O4/c1-14(5-4-10-25)17-6-7-18-22-19(13-21(28)24(17,18)3)23(2)9-8-16(26)11-15(23)12-20(22)27/h14-22,25-28H,4-13H2,1-3H3/t14-,15+,16+,17+,18-,19-,20+,21-,22-,23-,24+/m0/s1. The summed E-state index contributed by atoms with van der Waals surface area (Å²) in [6.07, 6.45) is 7.62. The van der Waals surface area contributed by atoms with Crippen molar-refractivity contribution in [2.75, 3.05) is 6.61 Å². The van der Waals surface area contributed by atoms with Crippen molar-refractivity contribution in [1.29, 1.82) is 0 Å². The van der Waals surface area contributed by atoms with Gasteiger partial charge in [-0.3, -0.25) is 0 Å². The van der Waals surface area contributed by atoms with Gasteiger partial charge in [-0.2, -0.15) is 0 Å². The minimum atomic E-state index is -0.308. The summed E-state index contributed by atoms with van der Waals surface area (Å²) in [6, 6.07) is 0. The van der Waals surface area contributed by atoms with E-state index in [1.54, 1.807) is 0 Å². The lowest BCUT2D eigenvalue weighted by Crippen LogP contribution is -2.62. The van der Waals surface area contributed by atoms with E-state index in [0.717, 1.165) is 57.8 Å². The van der Waals surface area contributed by atoms with Crippen LogP contribution in [-0.4, -0.2) is 45.3 Å². The number of fused-ring (bicyclic) bond motifs is 5. The van der Waals surface area contributed by atoms with E-state index in [2.05, 4.69) is 20.8 Å². The molecule has 4 N–H and O–H groups in total. The van der Waals surface area contributed by atoms with E-state index in [1.807, 2.05) is 0 Å². The summed E-state index contributed by atoms with van der Waals surface area (Å²) in [4.78, 5) is 0. The minimum Gasteiger partial charge on any atom is -0.396 e. The van der Waals surface area contributed by atoms with Crippen LogP contribution in [0, 0.1) is 46.3 Å². The van der Waals surface area contributed by atoms with E-state index in [4.69, 9.17) is 0 Å². The van der Waals surface area contributed by atoms with Gasteiger partial charge in [0.2, 0.25) is 0 Å². The molecule has 0 aromatic rings. The fourth-order valence-electron chi connectivity index (χ4n) is 8.75. The quantitative estimate of drug-likeness (QED) is 0.589. The van der Waals surface area contributed by atoms with Crippen LogP contribution in [0.15, 0.2) is 0 Å². The molecule has 28 heavy (non-hydrogen) atoms. The predicted molar refractivity (Wildman–Crippen MR) is 109 cm³/mol. The first-order valence-corrected chi connectivity index (χ1v) is 11.9. The summed E-state index contributed by atoms with van der Waals surface area (Å²) in [5.74, 6) is 2.41. The molecule has 0 aromatic carbocycles. The average Bonchev–Trinajstić information content (AvgIpc) is 3.01. The number of aliphatic hydroxyl groups excluding tert-OH is 4. The van der Waals surface area contributed by atoms with Crippen molar-refractivity contribution in [3.63, 3.8) is 0 Å². The summed E-state index contributed by atoms with van der Waals surface area (Å²) in [5, 5.41) is 42.2. The normalized spacial score (nSPS) is 54.5. The van der Waals surface area contributed by atoms with Crippen LogP contribution in [0.1, 0.15) is 78.6 Å². The SMILES string of the molecule is C[C@@H](CCCO)[C@H]1CC[C@H]2[C@@H]3[C@H](O)C[C@H]4C[C@H](O)CC[C@]4(C)[C@H]3C[C@H](O)[C@]12C. The Hall–Kier alpha value is -0.160. The van der Waals surface area contributed by atoms with Crippen molar-refractivity contribution in [3.05, 3.63) is 0 Å². The van der Waals surface area contributed by atoms with Crippen molar-refractivity contribution in [2.24, 2.45) is 46.3 Å². The van der Waals surface area contributed by atoms with Crippen LogP contribution in [0.5, 0.6) is 0 Å². The topological polar surface area (TPSA) is 80.9 Å². The third-order valence-corrected chi connectivity index (χ3v) is 10.3. The molecule has 0 spiro atoms. The maximum atomic E-state index is 11.5. The Morgan fingerprint density at radius 3 is 2.43 bits per heavy atom. The van der Waals surface area contributed by atoms with Crippen LogP contribution in [0.2, 0.25) is 0 Å². The van der Waals surface area contributed by atoms with Gasteiger partial charge in [-0.1, -0.05) is 20.8 Å². The fourth-order valence-corrected chi connectivity index (χ4v) is 8.75. The fraction of sp³-hybridized carbons (Fsp3) is 1.00. The van der Waals surface area contributed by atoms with Crippen molar-refractivity contribution < 1.29 is 20.4 Å². The number of hydrogen-bond donors (Lipinski definition) is 4. The van der Waals surface area contributed by atoms with Gasteiger partial charge in [-0.25, -0.2) is 0 Å². The molecule has 4 fully saturated rings. The average molecular weight is 395 g/mol. The van der Waals surface area contributed by atoms with Gasteiger partial charge >= 0.3 is 0 Å². The van der Waals surface area contributed by atoms with Gasteiger partial charge in [-0.15, -0.1) is 0 Å². The lowest BCUT2D eigenvalue weighted by molar-refractivity contribution is -0.207. The highest BCUT2D eigenvalue weighted by atomic mass is 16.3. The molecular formula is C24H42O4. The smallest absolute Gasteiger partial charge is 0.0602 e. The second-order valence-corrected chi connectivity index (χ2v) is 11.4. The molecule has 162 valence electrons. The molecule has 4 aliphatic rings. The van der Waals surface area contributed by atoms with Crippen molar-refractivity contribution in [3.8, 4) is 0 Å². The predicted octanol–water partition coefficient (Wildman–Crippen LogP) is 3.36. The summed E-state index contributed by atoms with van der Waals surface area (Å²) in [5.41, 5.74) is 0.0282. The molecule has 0 heterocycles. The third kappa shape index (κ3) is 3.01. The first kappa shape index (κ1) is 21.1. The van der Waals surface area contributed by atoms with Crippen molar-refractivity contribution >= 4 is 0 Å². The Morgan fingerprint density at radius 1 is 0.964 bits per heavy atom. The summed E-state index contributed by atoms with van der Waals surface area (Å²) < 4.78 is 0. The van der Waals surface area contributed by atoms with Gasteiger partial charge < -0.3 is 20.4 Å². The van der Waals surface area contributed by atoms with E-state index in [1.165, 1.54) is 0 Å². The summed E-state index contributed by atoms with van der Waals surface area (Å²) >= 11 is 0. The van der Waals surface area contributed by atoms with Gasteiger partial charge in [0.25, 0.3) is 0 Å². The lowest BCUT2D eigenvalue weighted by atomic mass is 9.43. The van der Waals surface area contributed by atoms with Crippen LogP contribution in [0.3, 0.4) is 0 Å². The largest absolute Gasteiger partial charge is 0.396 e. The second kappa shape index (κ2) is 7.51. The van der Waals surface area contributed by atoms with E-state index in [0.29, 0.717) is 35.5 Å². The third-order valence-electron chi connectivity index (χ3n) is 10.3. The Balaban J connectivity index is 1.62. The van der Waals surface area contributed by atoms with Crippen molar-refractivity contribution in [2.45, 2.75) is 96.9 Å². The first-order valence-electron chi connectivity index (χ1n) is 11.9. The monoisotopic (exact) mass is 394 g/mol. The highest BCUT2D eigenvalue weighted by molar-refractivity contribution is 5.14. The molecule has 0 bridgehead atoms. The zero-order valence-corrected chi connectivity index (χ0v) is 18.1. The summed E-state index contributed by atoms with van der Waals surface area (Å²) in [7, 11) is 0. The molecule has 0 amide bonds. The zero-order chi connectivity index (χ0) is 20.3. The zero-order valence-electron chi connectivity index (χ0n) is 18.1. The van der Waals surface area contributed by atoms with Gasteiger partial charge in [0, 0.05) is 6.61 Å². The van der Waals surface area contributed by atoms with Crippen LogP contribution in [0.4, 0.5) is 0 Å². The highest BCUT2D eigenvalue weighted by Crippen LogP contribution is 2.68. The lowest BCUT2D eigenvalue weighted by Gasteiger charge is -2.63. The van der Waals surface area contributed by atoms with Crippen LogP contribution in [-0.2, 0) is 0 Å². The van der Waals surface area contributed by atoms with Crippen molar-refractivity contribution in [1.82, 2.24) is 0 Å². The molecule has 0 unspecified atom stereocenters. The molecule has 4 heteroatoms. The van der Waals surface area contributed by atoms with Gasteiger partial charge in [0.1, 0.15) is 0 Å². The highest BCUT2D eigenvalue weighted by Gasteiger charge is 2.65.